The molecule has 17 heavy (non-hydrogen) atoms. The summed E-state index contributed by atoms with van der Waals surface area (Å²) in [7, 11) is 1.72. The number of hydrogen-bond donors (Lipinski definition) is 1. The highest BCUT2D eigenvalue weighted by Gasteiger charge is 2.11. The predicted octanol–water partition coefficient (Wildman–Crippen LogP) is 2.03. The van der Waals surface area contributed by atoms with E-state index in [4.69, 9.17) is 11.6 Å². The number of nitrogens with zero attached hydrogens (tertiary/aromatic N) is 3. The van der Waals surface area contributed by atoms with Crippen LogP contribution in [0.5, 0.6) is 0 Å². The Labute approximate surface area is 103 Å². The largest absolute Gasteiger partial charge is 0.321 e. The van der Waals surface area contributed by atoms with E-state index in [1.54, 1.807) is 25.2 Å². The van der Waals surface area contributed by atoms with Crippen molar-refractivity contribution in [3.05, 3.63) is 40.9 Å². The SMILES string of the molecule is Cc1cc(C(=O)Nc2ccnc(Cl)c2)n(C)n1. The third kappa shape index (κ3) is 2.62. The maximum atomic E-state index is 11.9. The molecular weight excluding hydrogens is 240 g/mol. The maximum absolute atomic E-state index is 11.9. The quantitative estimate of drug-likeness (QED) is 0.830. The molecule has 0 aliphatic carbocycles. The third-order valence-corrected chi connectivity index (χ3v) is 2.43. The van der Waals surface area contributed by atoms with Gasteiger partial charge in [0, 0.05) is 18.9 Å². The zero-order valence-corrected chi connectivity index (χ0v) is 10.2. The molecule has 0 aliphatic rings. The normalized spacial score (nSPS) is 10.3. The number of aryl methyl sites for hydroxylation is 2. The molecule has 1 N–H and O–H groups in total. The van der Waals surface area contributed by atoms with Gasteiger partial charge in [-0.05, 0) is 25.1 Å². The molecule has 0 saturated carbocycles. The Morgan fingerprint density at radius 1 is 1.47 bits per heavy atom. The van der Waals surface area contributed by atoms with Crippen molar-refractivity contribution in [1.82, 2.24) is 14.8 Å². The van der Waals surface area contributed by atoms with Gasteiger partial charge in [0.1, 0.15) is 10.8 Å². The first-order valence-electron chi connectivity index (χ1n) is 5.00. The average molecular weight is 251 g/mol. The summed E-state index contributed by atoms with van der Waals surface area (Å²) < 4.78 is 1.54. The van der Waals surface area contributed by atoms with E-state index in [0.29, 0.717) is 16.5 Å². The number of rotatable bonds is 2. The van der Waals surface area contributed by atoms with Crippen LogP contribution in [-0.4, -0.2) is 20.7 Å². The van der Waals surface area contributed by atoms with Gasteiger partial charge in [0.05, 0.1) is 5.69 Å². The van der Waals surface area contributed by atoms with Crippen molar-refractivity contribution in [2.45, 2.75) is 6.92 Å². The van der Waals surface area contributed by atoms with Gasteiger partial charge in [-0.1, -0.05) is 11.6 Å². The number of carbonyl (C=O) groups excluding carboxylic acids is 1. The van der Waals surface area contributed by atoms with Crippen molar-refractivity contribution < 1.29 is 4.79 Å². The van der Waals surface area contributed by atoms with E-state index in [1.807, 2.05) is 6.92 Å². The van der Waals surface area contributed by atoms with Crippen molar-refractivity contribution in [3.63, 3.8) is 0 Å². The second kappa shape index (κ2) is 4.55. The lowest BCUT2D eigenvalue weighted by Gasteiger charge is -2.04. The van der Waals surface area contributed by atoms with E-state index in [0.717, 1.165) is 5.69 Å². The standard InChI is InChI=1S/C11H11ClN4O/c1-7-5-9(16(2)15-7)11(17)14-8-3-4-13-10(12)6-8/h3-6H,1-2H3,(H,13,14,17). The Bertz CT molecular complexity index is 564. The maximum Gasteiger partial charge on any atom is 0.273 e. The molecule has 2 aromatic rings. The number of pyridine rings is 1. The third-order valence-electron chi connectivity index (χ3n) is 2.22. The van der Waals surface area contributed by atoms with Gasteiger partial charge in [-0.2, -0.15) is 5.10 Å². The van der Waals surface area contributed by atoms with Crippen LogP contribution in [0.2, 0.25) is 5.15 Å². The summed E-state index contributed by atoms with van der Waals surface area (Å²) in [6.45, 7) is 1.83. The topological polar surface area (TPSA) is 59.8 Å². The summed E-state index contributed by atoms with van der Waals surface area (Å²) in [5.74, 6) is -0.227. The molecular formula is C11H11ClN4O. The summed E-state index contributed by atoms with van der Waals surface area (Å²) in [6.07, 6.45) is 1.53. The summed E-state index contributed by atoms with van der Waals surface area (Å²) in [4.78, 5) is 15.8. The minimum Gasteiger partial charge on any atom is -0.321 e. The molecule has 0 radical (unpaired) electrons. The van der Waals surface area contributed by atoms with Crippen LogP contribution >= 0.6 is 11.6 Å². The molecule has 2 rings (SSSR count). The zero-order valence-electron chi connectivity index (χ0n) is 9.44. The monoisotopic (exact) mass is 250 g/mol. The van der Waals surface area contributed by atoms with E-state index in [1.165, 1.54) is 10.9 Å². The second-order valence-corrected chi connectivity index (χ2v) is 4.00. The van der Waals surface area contributed by atoms with Crippen LogP contribution in [0.3, 0.4) is 0 Å². The van der Waals surface area contributed by atoms with Crippen LogP contribution in [0.4, 0.5) is 5.69 Å². The van der Waals surface area contributed by atoms with Crippen molar-refractivity contribution >= 4 is 23.2 Å². The van der Waals surface area contributed by atoms with Crippen LogP contribution in [0.15, 0.2) is 24.4 Å². The first-order chi connectivity index (χ1) is 8.06. The number of nitrogens with one attached hydrogen (secondary N) is 1. The van der Waals surface area contributed by atoms with Crippen LogP contribution in [0, 0.1) is 6.92 Å². The first kappa shape index (κ1) is 11.6. The van der Waals surface area contributed by atoms with E-state index < -0.39 is 0 Å². The Kier molecular flexibility index (Phi) is 3.10. The molecule has 5 nitrogen and oxygen atoms in total. The van der Waals surface area contributed by atoms with E-state index in [2.05, 4.69) is 15.4 Å². The molecule has 88 valence electrons. The van der Waals surface area contributed by atoms with Gasteiger partial charge >= 0.3 is 0 Å². The van der Waals surface area contributed by atoms with Gasteiger partial charge in [-0.15, -0.1) is 0 Å². The molecule has 2 heterocycles. The molecule has 6 heteroatoms. The van der Waals surface area contributed by atoms with E-state index in [-0.39, 0.29) is 5.91 Å². The predicted molar refractivity (Wildman–Crippen MR) is 65.1 cm³/mol. The fraction of sp³-hybridized carbons (Fsp3) is 0.182. The van der Waals surface area contributed by atoms with E-state index in [9.17, 15) is 4.79 Å². The Morgan fingerprint density at radius 2 is 2.24 bits per heavy atom. The van der Waals surface area contributed by atoms with Crippen LogP contribution < -0.4 is 5.32 Å². The Balaban J connectivity index is 2.20. The van der Waals surface area contributed by atoms with Crippen molar-refractivity contribution in [2.24, 2.45) is 7.05 Å². The van der Waals surface area contributed by atoms with Crippen LogP contribution in [-0.2, 0) is 7.05 Å². The van der Waals surface area contributed by atoms with Gasteiger partial charge in [-0.25, -0.2) is 4.98 Å². The number of aromatic nitrogens is 3. The molecule has 2 aromatic heterocycles. The molecule has 0 aliphatic heterocycles. The fourth-order valence-corrected chi connectivity index (χ4v) is 1.67. The Morgan fingerprint density at radius 3 is 2.82 bits per heavy atom. The van der Waals surface area contributed by atoms with Gasteiger partial charge in [0.15, 0.2) is 0 Å². The lowest BCUT2D eigenvalue weighted by molar-refractivity contribution is 0.101. The summed E-state index contributed by atoms with van der Waals surface area (Å²) in [5, 5.41) is 7.17. The van der Waals surface area contributed by atoms with Crippen molar-refractivity contribution in [1.29, 1.82) is 0 Å². The second-order valence-electron chi connectivity index (χ2n) is 3.62. The highest BCUT2D eigenvalue weighted by atomic mass is 35.5. The number of carbonyl (C=O) groups is 1. The van der Waals surface area contributed by atoms with Crippen LogP contribution in [0.25, 0.3) is 0 Å². The van der Waals surface area contributed by atoms with Crippen molar-refractivity contribution in [3.8, 4) is 0 Å². The molecule has 0 spiro atoms. The highest BCUT2D eigenvalue weighted by Crippen LogP contribution is 2.13. The highest BCUT2D eigenvalue weighted by molar-refractivity contribution is 6.29. The molecule has 0 fully saturated rings. The number of halogens is 1. The number of hydrogen-bond acceptors (Lipinski definition) is 3. The van der Waals surface area contributed by atoms with Gasteiger partial charge in [-0.3, -0.25) is 9.48 Å². The fourth-order valence-electron chi connectivity index (χ4n) is 1.50. The number of anilines is 1. The average Bonchev–Trinajstić information content (AvgIpc) is 2.58. The molecule has 0 unspecified atom stereocenters. The van der Waals surface area contributed by atoms with Gasteiger partial charge in [0.2, 0.25) is 0 Å². The summed E-state index contributed by atoms with van der Waals surface area (Å²) in [5.41, 5.74) is 1.90. The molecule has 0 aromatic carbocycles. The summed E-state index contributed by atoms with van der Waals surface area (Å²) in [6, 6.07) is 4.98. The molecule has 0 bridgehead atoms. The van der Waals surface area contributed by atoms with Crippen molar-refractivity contribution in [2.75, 3.05) is 5.32 Å². The Hall–Kier alpha value is -1.88. The van der Waals surface area contributed by atoms with Crippen LogP contribution in [0.1, 0.15) is 16.2 Å². The minimum atomic E-state index is -0.227. The smallest absolute Gasteiger partial charge is 0.273 e. The lowest BCUT2D eigenvalue weighted by Crippen LogP contribution is -2.16. The molecule has 0 atom stereocenters. The zero-order chi connectivity index (χ0) is 12.4. The molecule has 1 amide bonds. The number of amides is 1. The van der Waals surface area contributed by atoms with E-state index >= 15 is 0 Å². The first-order valence-corrected chi connectivity index (χ1v) is 5.37. The van der Waals surface area contributed by atoms with Gasteiger partial charge < -0.3 is 5.32 Å². The summed E-state index contributed by atoms with van der Waals surface area (Å²) >= 11 is 5.73. The molecule has 0 saturated heterocycles. The van der Waals surface area contributed by atoms with Gasteiger partial charge in [0.25, 0.3) is 5.91 Å². The lowest BCUT2D eigenvalue weighted by atomic mass is 10.3. The minimum absolute atomic E-state index is 0.227.